The summed E-state index contributed by atoms with van der Waals surface area (Å²) in [6.07, 6.45) is 1.72. The molecule has 0 fully saturated rings. The Morgan fingerprint density at radius 3 is 2.50 bits per heavy atom. The Kier molecular flexibility index (Phi) is 6.55. The number of carbonyl (C=O) groups is 1. The molecule has 5 rings (SSSR count). The molecule has 0 spiro atoms. The molecule has 7 nitrogen and oxygen atoms in total. The van der Waals surface area contributed by atoms with Gasteiger partial charge >= 0.3 is 6.03 Å². The number of pyridine rings is 1. The molecule has 0 aliphatic rings. The van der Waals surface area contributed by atoms with Crippen molar-refractivity contribution < 1.29 is 14.3 Å². The number of hydrogen-bond acceptors (Lipinski definition) is 4. The van der Waals surface area contributed by atoms with Gasteiger partial charge in [0.25, 0.3) is 0 Å². The van der Waals surface area contributed by atoms with Crippen LogP contribution >= 0.6 is 15.9 Å². The number of amides is 2. The number of carbonyl (C=O) groups excluding carboxylic acids is 1. The van der Waals surface area contributed by atoms with E-state index in [9.17, 15) is 14.3 Å². The number of fused-ring (bicyclic) bond motifs is 1. The van der Waals surface area contributed by atoms with Crippen molar-refractivity contribution in [1.29, 1.82) is 0 Å². The molecule has 2 aromatic heterocycles. The molecule has 0 radical (unpaired) electrons. The van der Waals surface area contributed by atoms with Gasteiger partial charge in [0.15, 0.2) is 0 Å². The number of benzene rings is 3. The molecular weight excluding hydrogens is 525 g/mol. The van der Waals surface area contributed by atoms with E-state index in [4.69, 9.17) is 0 Å². The van der Waals surface area contributed by atoms with E-state index in [1.807, 2.05) is 36.4 Å². The Morgan fingerprint density at radius 1 is 0.972 bits per heavy atom. The number of halogens is 2. The lowest BCUT2D eigenvalue weighted by molar-refractivity contribution is 0.262. The first-order valence-electron chi connectivity index (χ1n) is 11.1. The van der Waals surface area contributed by atoms with Crippen LogP contribution in [0.2, 0.25) is 0 Å². The van der Waals surface area contributed by atoms with Gasteiger partial charge in [0.1, 0.15) is 17.4 Å². The minimum Gasteiger partial charge on any atom is -0.507 e. The first-order chi connectivity index (χ1) is 17.5. The molecule has 36 heavy (non-hydrogen) atoms. The van der Waals surface area contributed by atoms with Crippen molar-refractivity contribution in [3.05, 3.63) is 107 Å². The molecular formula is C27H21BrFN5O2. The maximum absolute atomic E-state index is 13.7. The second-order valence-electron chi connectivity index (χ2n) is 8.05. The van der Waals surface area contributed by atoms with Crippen molar-refractivity contribution >= 4 is 44.7 Å². The van der Waals surface area contributed by atoms with Gasteiger partial charge in [-0.25, -0.2) is 13.7 Å². The zero-order chi connectivity index (χ0) is 25.1. The van der Waals surface area contributed by atoms with Crippen LogP contribution in [0.15, 0.2) is 95.6 Å². The number of nitrogens with zero attached hydrogens (tertiary/aromatic N) is 2. The fourth-order valence-electron chi connectivity index (χ4n) is 3.80. The molecule has 9 heteroatoms. The molecule has 0 aliphatic carbocycles. The lowest BCUT2D eigenvalue weighted by Gasteiger charge is -2.13. The predicted octanol–water partition coefficient (Wildman–Crippen LogP) is 6.86. The number of urea groups is 1. The molecule has 0 unspecified atom stereocenters. The van der Waals surface area contributed by atoms with Crippen molar-refractivity contribution in [3.63, 3.8) is 0 Å². The van der Waals surface area contributed by atoms with E-state index in [2.05, 4.69) is 37.0 Å². The van der Waals surface area contributed by atoms with E-state index in [-0.39, 0.29) is 11.4 Å². The van der Waals surface area contributed by atoms with Crippen molar-refractivity contribution in [1.82, 2.24) is 9.61 Å². The Bertz CT molecular complexity index is 1550. The summed E-state index contributed by atoms with van der Waals surface area (Å²) >= 11 is 3.54. The van der Waals surface area contributed by atoms with Gasteiger partial charge in [-0.15, -0.1) is 0 Å². The zero-order valence-corrected chi connectivity index (χ0v) is 20.5. The van der Waals surface area contributed by atoms with Crippen LogP contribution in [0.5, 0.6) is 5.75 Å². The van der Waals surface area contributed by atoms with Gasteiger partial charge in [0.05, 0.1) is 21.9 Å². The van der Waals surface area contributed by atoms with Gasteiger partial charge in [-0.2, -0.15) is 5.10 Å². The molecule has 0 aliphatic heterocycles. The molecule has 0 atom stereocenters. The molecule has 0 saturated heterocycles. The minimum absolute atomic E-state index is 0.110. The summed E-state index contributed by atoms with van der Waals surface area (Å²) < 4.78 is 16.4. The quantitative estimate of drug-likeness (QED) is 0.187. The van der Waals surface area contributed by atoms with Crippen molar-refractivity contribution in [2.24, 2.45) is 0 Å². The lowest BCUT2D eigenvalue weighted by Crippen LogP contribution is -2.20. The van der Waals surface area contributed by atoms with Crippen LogP contribution in [0.3, 0.4) is 0 Å². The summed E-state index contributed by atoms with van der Waals surface area (Å²) in [6, 6.07) is 23.9. The summed E-state index contributed by atoms with van der Waals surface area (Å²) in [7, 11) is 0. The summed E-state index contributed by atoms with van der Waals surface area (Å²) in [4.78, 5) is 12.2. The summed E-state index contributed by atoms with van der Waals surface area (Å²) in [5.74, 6) is 0.451. The average molecular weight is 546 g/mol. The highest BCUT2D eigenvalue weighted by Crippen LogP contribution is 2.33. The first kappa shape index (κ1) is 23.4. The molecule has 2 amide bonds. The lowest BCUT2D eigenvalue weighted by atomic mass is 10.1. The predicted molar refractivity (Wildman–Crippen MR) is 143 cm³/mol. The molecule has 5 aromatic rings. The van der Waals surface area contributed by atoms with Crippen molar-refractivity contribution in [2.45, 2.75) is 6.54 Å². The Balaban J connectivity index is 1.30. The van der Waals surface area contributed by atoms with Crippen molar-refractivity contribution in [2.75, 3.05) is 16.0 Å². The Morgan fingerprint density at radius 2 is 1.72 bits per heavy atom. The monoisotopic (exact) mass is 545 g/mol. The second kappa shape index (κ2) is 10.1. The highest BCUT2D eigenvalue weighted by atomic mass is 79.9. The summed E-state index contributed by atoms with van der Waals surface area (Å²) in [5, 5.41) is 23.4. The van der Waals surface area contributed by atoms with Gasteiger partial charge in [-0.1, -0.05) is 42.5 Å². The number of para-hydroxylation sites is 2. The second-order valence-corrected chi connectivity index (χ2v) is 8.90. The van der Waals surface area contributed by atoms with Crippen LogP contribution in [0.25, 0.3) is 16.6 Å². The maximum Gasteiger partial charge on any atom is 0.323 e. The van der Waals surface area contributed by atoms with Crippen LogP contribution in [0.1, 0.15) is 5.56 Å². The van der Waals surface area contributed by atoms with Gasteiger partial charge in [-0.05, 0) is 69.5 Å². The maximum atomic E-state index is 13.7. The van der Waals surface area contributed by atoms with E-state index in [0.717, 1.165) is 32.5 Å². The largest absolute Gasteiger partial charge is 0.507 e. The molecule has 3 aromatic carbocycles. The van der Waals surface area contributed by atoms with Crippen LogP contribution in [-0.2, 0) is 6.54 Å². The number of aromatic nitrogens is 2. The van der Waals surface area contributed by atoms with Gasteiger partial charge < -0.3 is 21.1 Å². The third kappa shape index (κ3) is 5.01. The van der Waals surface area contributed by atoms with Crippen LogP contribution in [0.4, 0.5) is 26.4 Å². The number of hydrogen-bond donors (Lipinski definition) is 4. The number of nitrogens with one attached hydrogen (secondary N) is 3. The number of aromatic hydroxyl groups is 1. The molecule has 4 N–H and O–H groups in total. The topological polar surface area (TPSA) is 90.7 Å². The molecule has 180 valence electrons. The fraction of sp³-hybridized carbons (Fsp3) is 0.0370. The standard InChI is InChI=1S/C27H21BrFN5O2/c28-21-16-31-34-24(21)13-18(20-5-1-4-8-25(20)35)14-26(34)30-15-17-9-11-19(12-10-17)32-27(36)33-23-7-3-2-6-22(23)29/h1-14,16,30,35H,15H2,(H2,32,33,36). The van der Waals surface area contributed by atoms with E-state index in [0.29, 0.717) is 12.2 Å². The van der Waals surface area contributed by atoms with Gasteiger partial charge in [-0.3, -0.25) is 0 Å². The van der Waals surface area contributed by atoms with Crippen LogP contribution in [-0.4, -0.2) is 20.8 Å². The van der Waals surface area contributed by atoms with Crippen LogP contribution in [0, 0.1) is 5.82 Å². The van der Waals surface area contributed by atoms with E-state index in [1.165, 1.54) is 12.1 Å². The summed E-state index contributed by atoms with van der Waals surface area (Å²) in [6.45, 7) is 0.499. The van der Waals surface area contributed by atoms with Gasteiger partial charge in [0, 0.05) is 17.8 Å². The Hall–Kier alpha value is -4.37. The number of anilines is 3. The minimum atomic E-state index is -0.529. The average Bonchev–Trinajstić information content (AvgIpc) is 3.26. The number of phenols is 1. The summed E-state index contributed by atoms with van der Waals surface area (Å²) in [5.41, 5.74) is 4.09. The normalized spacial score (nSPS) is 10.8. The first-order valence-corrected chi connectivity index (χ1v) is 11.9. The third-order valence-corrected chi connectivity index (χ3v) is 6.21. The van der Waals surface area contributed by atoms with E-state index >= 15 is 0 Å². The molecule has 2 heterocycles. The molecule has 0 bridgehead atoms. The number of rotatable bonds is 6. The van der Waals surface area contributed by atoms with Crippen LogP contribution < -0.4 is 16.0 Å². The molecule has 0 saturated carbocycles. The van der Waals surface area contributed by atoms with Crippen molar-refractivity contribution in [3.8, 4) is 16.9 Å². The third-order valence-electron chi connectivity index (χ3n) is 5.59. The highest BCUT2D eigenvalue weighted by Gasteiger charge is 2.12. The zero-order valence-electron chi connectivity index (χ0n) is 18.9. The SMILES string of the molecule is O=C(Nc1ccc(CNc2cc(-c3ccccc3O)cc3c(Br)cnn23)cc1)Nc1ccccc1F. The smallest absolute Gasteiger partial charge is 0.323 e. The van der Waals surface area contributed by atoms with Gasteiger partial charge in [0.2, 0.25) is 0 Å². The van der Waals surface area contributed by atoms with E-state index in [1.54, 1.807) is 47.1 Å². The Labute approximate surface area is 214 Å². The highest BCUT2D eigenvalue weighted by molar-refractivity contribution is 9.10. The van der Waals surface area contributed by atoms with E-state index < -0.39 is 11.8 Å². The fourth-order valence-corrected chi connectivity index (χ4v) is 4.18. The number of phenolic OH excluding ortho intramolecular Hbond substituents is 1.